The van der Waals surface area contributed by atoms with Crippen LogP contribution in [0.5, 0.6) is 0 Å². The third-order valence-electron chi connectivity index (χ3n) is 5.85. The van der Waals surface area contributed by atoms with E-state index < -0.39 is 0 Å². The minimum Gasteiger partial charge on any atom is -0.354 e. The van der Waals surface area contributed by atoms with Crippen LogP contribution < -0.4 is 16.2 Å². The van der Waals surface area contributed by atoms with Gasteiger partial charge in [0.25, 0.3) is 5.56 Å². The van der Waals surface area contributed by atoms with Crippen molar-refractivity contribution < 1.29 is 9.59 Å². The van der Waals surface area contributed by atoms with Gasteiger partial charge in [0.15, 0.2) is 0 Å². The van der Waals surface area contributed by atoms with E-state index in [0.29, 0.717) is 30.5 Å². The van der Waals surface area contributed by atoms with Gasteiger partial charge in [-0.05, 0) is 50.3 Å². The third-order valence-corrected chi connectivity index (χ3v) is 5.85. The van der Waals surface area contributed by atoms with Crippen molar-refractivity contribution in [3.63, 3.8) is 0 Å². The Morgan fingerprint density at radius 2 is 2.07 bits per heavy atom. The normalized spacial score (nSPS) is 22.0. The SMILES string of the molecule is O=C(NCC1CCCN(C(=O)Cn2cnc3ccccc3c2=O)C1)C1CCCN1. The van der Waals surface area contributed by atoms with Gasteiger partial charge in [-0.3, -0.25) is 19.0 Å². The summed E-state index contributed by atoms with van der Waals surface area (Å²) in [5, 5.41) is 6.75. The second kappa shape index (κ2) is 8.73. The fraction of sp³-hybridized carbons (Fsp3) is 0.524. The second-order valence-electron chi connectivity index (χ2n) is 7.94. The molecular weight excluding hydrogens is 370 g/mol. The minimum absolute atomic E-state index is 0.0122. The number of fused-ring (bicyclic) bond motifs is 1. The molecule has 0 saturated carbocycles. The van der Waals surface area contributed by atoms with Crippen LogP contribution in [0.4, 0.5) is 0 Å². The Morgan fingerprint density at radius 1 is 1.21 bits per heavy atom. The molecule has 1 aromatic carbocycles. The highest BCUT2D eigenvalue weighted by molar-refractivity contribution is 5.82. The predicted octanol–water partition coefficient (Wildman–Crippen LogP) is 0.503. The average Bonchev–Trinajstić information content (AvgIpc) is 3.29. The minimum atomic E-state index is -0.200. The van der Waals surface area contributed by atoms with Crippen LogP contribution in [-0.2, 0) is 16.1 Å². The predicted molar refractivity (Wildman–Crippen MR) is 109 cm³/mol. The lowest BCUT2D eigenvalue weighted by Gasteiger charge is -2.33. The number of benzene rings is 1. The number of hydrogen-bond donors (Lipinski definition) is 2. The summed E-state index contributed by atoms with van der Waals surface area (Å²) in [4.78, 5) is 43.7. The van der Waals surface area contributed by atoms with Gasteiger partial charge in [-0.1, -0.05) is 12.1 Å². The molecule has 0 radical (unpaired) electrons. The van der Waals surface area contributed by atoms with E-state index in [9.17, 15) is 14.4 Å². The maximum Gasteiger partial charge on any atom is 0.261 e. The number of likely N-dealkylation sites (tertiary alicyclic amines) is 1. The van der Waals surface area contributed by atoms with Gasteiger partial charge >= 0.3 is 0 Å². The van der Waals surface area contributed by atoms with Crippen molar-refractivity contribution in [3.05, 3.63) is 40.9 Å². The maximum atomic E-state index is 12.8. The molecule has 2 N–H and O–H groups in total. The van der Waals surface area contributed by atoms with E-state index in [1.165, 1.54) is 10.9 Å². The summed E-state index contributed by atoms with van der Waals surface area (Å²) in [6, 6.07) is 7.06. The Kier molecular flexibility index (Phi) is 5.89. The van der Waals surface area contributed by atoms with Gasteiger partial charge in [-0.2, -0.15) is 0 Å². The molecule has 2 aromatic rings. The van der Waals surface area contributed by atoms with Gasteiger partial charge in [-0.25, -0.2) is 4.98 Å². The molecule has 1 aromatic heterocycles. The van der Waals surface area contributed by atoms with Crippen molar-refractivity contribution in [3.8, 4) is 0 Å². The standard InChI is InChI=1S/C21H27N5O3/c27-19(13-26-14-24-17-7-2-1-6-16(17)21(26)29)25-10-4-5-15(12-25)11-23-20(28)18-8-3-9-22-18/h1-2,6-7,14-15,18,22H,3-5,8-13H2,(H,23,28). The Hall–Kier alpha value is -2.74. The number of amides is 2. The molecule has 2 aliphatic rings. The van der Waals surface area contributed by atoms with Crippen LogP contribution in [0.15, 0.2) is 35.4 Å². The molecule has 8 nitrogen and oxygen atoms in total. The molecule has 0 aliphatic carbocycles. The fourth-order valence-corrected chi connectivity index (χ4v) is 4.20. The molecule has 8 heteroatoms. The van der Waals surface area contributed by atoms with Crippen molar-refractivity contribution in [2.24, 2.45) is 5.92 Å². The van der Waals surface area contributed by atoms with Gasteiger partial charge in [0.05, 0.1) is 23.3 Å². The van der Waals surface area contributed by atoms with E-state index in [-0.39, 0.29) is 35.9 Å². The molecule has 29 heavy (non-hydrogen) atoms. The lowest BCUT2D eigenvalue weighted by atomic mass is 9.97. The maximum absolute atomic E-state index is 12.8. The van der Waals surface area contributed by atoms with Gasteiger partial charge < -0.3 is 15.5 Å². The molecule has 2 fully saturated rings. The van der Waals surface area contributed by atoms with Crippen molar-refractivity contribution in [1.29, 1.82) is 0 Å². The Balaban J connectivity index is 1.34. The van der Waals surface area contributed by atoms with Crippen LogP contribution in [0, 0.1) is 5.92 Å². The van der Waals surface area contributed by atoms with E-state index in [1.54, 1.807) is 23.1 Å². The lowest BCUT2D eigenvalue weighted by molar-refractivity contribution is -0.133. The zero-order valence-electron chi connectivity index (χ0n) is 16.5. The quantitative estimate of drug-likeness (QED) is 0.766. The molecule has 4 rings (SSSR count). The summed E-state index contributed by atoms with van der Waals surface area (Å²) in [6.07, 6.45) is 5.25. The number of nitrogens with one attached hydrogen (secondary N) is 2. The first-order valence-electron chi connectivity index (χ1n) is 10.3. The summed E-state index contributed by atoms with van der Waals surface area (Å²) in [6.45, 7) is 2.75. The van der Waals surface area contributed by atoms with Gasteiger partial charge in [0.1, 0.15) is 6.54 Å². The van der Waals surface area contributed by atoms with Crippen LogP contribution in [0.1, 0.15) is 25.7 Å². The Bertz CT molecular complexity index is 951. The first-order chi connectivity index (χ1) is 14.1. The van der Waals surface area contributed by atoms with Crippen LogP contribution in [-0.4, -0.2) is 58.5 Å². The summed E-state index contributed by atoms with van der Waals surface area (Å²) < 4.78 is 1.38. The van der Waals surface area contributed by atoms with Crippen LogP contribution >= 0.6 is 0 Å². The number of hydrogen-bond acceptors (Lipinski definition) is 5. The monoisotopic (exact) mass is 397 g/mol. The van der Waals surface area contributed by atoms with E-state index in [2.05, 4.69) is 15.6 Å². The highest BCUT2D eigenvalue weighted by Crippen LogP contribution is 2.17. The van der Waals surface area contributed by atoms with E-state index in [4.69, 9.17) is 0 Å². The lowest BCUT2D eigenvalue weighted by Crippen LogP contribution is -2.47. The largest absolute Gasteiger partial charge is 0.354 e. The molecule has 2 aliphatic heterocycles. The second-order valence-corrected chi connectivity index (χ2v) is 7.94. The van der Waals surface area contributed by atoms with Gasteiger partial charge in [-0.15, -0.1) is 0 Å². The van der Waals surface area contributed by atoms with Crippen LogP contribution in [0.2, 0.25) is 0 Å². The zero-order chi connectivity index (χ0) is 20.2. The molecule has 2 saturated heterocycles. The Labute approximate surface area is 169 Å². The number of piperidine rings is 1. The molecule has 2 amide bonds. The number of aromatic nitrogens is 2. The molecule has 3 heterocycles. The summed E-state index contributed by atoms with van der Waals surface area (Å²) in [5.41, 5.74) is 0.431. The molecule has 154 valence electrons. The van der Waals surface area contributed by atoms with Crippen LogP contribution in [0.3, 0.4) is 0 Å². The fourth-order valence-electron chi connectivity index (χ4n) is 4.20. The highest BCUT2D eigenvalue weighted by atomic mass is 16.2. The van der Waals surface area contributed by atoms with E-state index in [0.717, 1.165) is 32.2 Å². The van der Waals surface area contributed by atoms with Crippen molar-refractivity contribution in [2.75, 3.05) is 26.2 Å². The first kappa shape index (κ1) is 19.6. The summed E-state index contributed by atoms with van der Waals surface area (Å²) in [7, 11) is 0. The smallest absolute Gasteiger partial charge is 0.261 e. The van der Waals surface area contributed by atoms with Crippen molar-refractivity contribution in [1.82, 2.24) is 25.1 Å². The van der Waals surface area contributed by atoms with E-state index in [1.807, 2.05) is 6.07 Å². The van der Waals surface area contributed by atoms with Crippen LogP contribution in [0.25, 0.3) is 10.9 Å². The summed E-state index contributed by atoms with van der Waals surface area (Å²) >= 11 is 0. The molecular formula is C21H27N5O3. The molecule has 2 atom stereocenters. The topological polar surface area (TPSA) is 96.3 Å². The number of carbonyl (C=O) groups excluding carboxylic acids is 2. The number of nitrogens with zero attached hydrogens (tertiary/aromatic N) is 3. The third kappa shape index (κ3) is 4.48. The molecule has 0 bridgehead atoms. The van der Waals surface area contributed by atoms with Crippen molar-refractivity contribution in [2.45, 2.75) is 38.3 Å². The van der Waals surface area contributed by atoms with Gasteiger partial charge in [0, 0.05) is 19.6 Å². The van der Waals surface area contributed by atoms with E-state index >= 15 is 0 Å². The number of rotatable bonds is 5. The number of carbonyl (C=O) groups is 2. The molecule has 2 unspecified atom stereocenters. The van der Waals surface area contributed by atoms with Crippen molar-refractivity contribution >= 4 is 22.7 Å². The summed E-state index contributed by atoms with van der Waals surface area (Å²) in [5.74, 6) is 0.210. The first-order valence-corrected chi connectivity index (χ1v) is 10.3. The number of para-hydroxylation sites is 1. The highest BCUT2D eigenvalue weighted by Gasteiger charge is 2.26. The van der Waals surface area contributed by atoms with Gasteiger partial charge in [0.2, 0.25) is 11.8 Å². The zero-order valence-corrected chi connectivity index (χ0v) is 16.5. The Morgan fingerprint density at radius 3 is 2.90 bits per heavy atom. The average molecular weight is 397 g/mol. The molecule has 0 spiro atoms.